The summed E-state index contributed by atoms with van der Waals surface area (Å²) in [6.07, 6.45) is 2.58. The molecule has 2 aliphatic heterocycles. The predicted octanol–water partition coefficient (Wildman–Crippen LogP) is 3.04. The van der Waals surface area contributed by atoms with Crippen LogP contribution in [0.15, 0.2) is 48.5 Å². The number of halogens is 1. The van der Waals surface area contributed by atoms with Gasteiger partial charge in [-0.3, -0.25) is 0 Å². The summed E-state index contributed by atoms with van der Waals surface area (Å²) in [5.41, 5.74) is 3.43. The quantitative estimate of drug-likeness (QED) is 0.849. The molecule has 0 saturated carbocycles. The number of anilines is 1. The topological polar surface area (TPSA) is 36.5 Å². The van der Waals surface area contributed by atoms with Crippen LogP contribution in [-0.4, -0.2) is 51.5 Å². The zero-order valence-electron chi connectivity index (χ0n) is 15.7. The Kier molecular flexibility index (Phi) is 6.02. The van der Waals surface area contributed by atoms with Crippen LogP contribution in [0, 0.1) is 5.82 Å². The minimum atomic E-state index is -0.195. The van der Waals surface area contributed by atoms with Gasteiger partial charge < -0.3 is 20.3 Å². The maximum atomic E-state index is 13.2. The Morgan fingerprint density at radius 3 is 2.63 bits per heavy atom. The molecule has 0 amide bonds. The zero-order chi connectivity index (χ0) is 18.5. The van der Waals surface area contributed by atoms with Crippen LogP contribution < -0.4 is 15.5 Å². The number of rotatable bonds is 5. The molecule has 2 aromatic carbocycles. The number of nitrogens with zero attached hydrogens (tertiary/aromatic N) is 1. The maximum absolute atomic E-state index is 13.2. The van der Waals surface area contributed by atoms with Crippen molar-refractivity contribution in [1.82, 2.24) is 10.6 Å². The van der Waals surface area contributed by atoms with Crippen LogP contribution in [0.4, 0.5) is 10.1 Å². The van der Waals surface area contributed by atoms with Crippen molar-refractivity contribution >= 4 is 5.69 Å². The first kappa shape index (κ1) is 18.4. The molecule has 4 nitrogen and oxygen atoms in total. The Morgan fingerprint density at radius 1 is 1.07 bits per heavy atom. The van der Waals surface area contributed by atoms with E-state index in [0.717, 1.165) is 63.3 Å². The summed E-state index contributed by atoms with van der Waals surface area (Å²) in [4.78, 5) is 2.45. The standard InChI is InChI=1S/C22H28FN3O/c23-19-6-4-17(5-7-19)18-2-1-3-21(14-18)26-11-8-20(9-12-26)25-16-22-15-24-10-13-27-22/h1-7,14,20,22,24-25H,8-13,15-16H2/t22-/m0/s1. The van der Waals surface area contributed by atoms with Gasteiger partial charge in [-0.15, -0.1) is 0 Å². The minimum Gasteiger partial charge on any atom is -0.374 e. The molecule has 144 valence electrons. The van der Waals surface area contributed by atoms with Crippen molar-refractivity contribution in [2.24, 2.45) is 0 Å². The van der Waals surface area contributed by atoms with Crippen molar-refractivity contribution in [2.45, 2.75) is 25.0 Å². The van der Waals surface area contributed by atoms with Crippen LogP contribution in [0.25, 0.3) is 11.1 Å². The number of hydrogen-bond acceptors (Lipinski definition) is 4. The Labute approximate surface area is 160 Å². The van der Waals surface area contributed by atoms with Crippen molar-refractivity contribution in [2.75, 3.05) is 44.2 Å². The molecule has 0 spiro atoms. The van der Waals surface area contributed by atoms with Crippen LogP contribution in [0.3, 0.4) is 0 Å². The van der Waals surface area contributed by atoms with E-state index in [0.29, 0.717) is 12.1 Å². The number of piperidine rings is 1. The fourth-order valence-corrected chi connectivity index (χ4v) is 3.92. The number of hydrogen-bond donors (Lipinski definition) is 2. The number of morpholine rings is 1. The lowest BCUT2D eigenvalue weighted by atomic mass is 10.0. The van der Waals surface area contributed by atoms with Gasteiger partial charge in [-0.2, -0.15) is 0 Å². The molecule has 4 rings (SSSR count). The molecule has 5 heteroatoms. The van der Waals surface area contributed by atoms with Crippen LogP contribution in [0.5, 0.6) is 0 Å². The molecule has 2 saturated heterocycles. The number of ether oxygens (including phenoxy) is 1. The Bertz CT molecular complexity index is 723. The molecule has 0 unspecified atom stereocenters. The van der Waals surface area contributed by atoms with Crippen LogP contribution >= 0.6 is 0 Å². The molecule has 0 aliphatic carbocycles. The van der Waals surface area contributed by atoms with E-state index in [1.54, 1.807) is 0 Å². The molecular weight excluding hydrogens is 341 g/mol. The van der Waals surface area contributed by atoms with Crippen molar-refractivity contribution in [3.63, 3.8) is 0 Å². The zero-order valence-corrected chi connectivity index (χ0v) is 15.7. The largest absolute Gasteiger partial charge is 0.374 e. The molecule has 0 radical (unpaired) electrons. The smallest absolute Gasteiger partial charge is 0.123 e. The average molecular weight is 369 g/mol. The van der Waals surface area contributed by atoms with Crippen molar-refractivity contribution in [3.05, 3.63) is 54.3 Å². The van der Waals surface area contributed by atoms with Crippen LogP contribution in [-0.2, 0) is 4.74 Å². The van der Waals surface area contributed by atoms with Gasteiger partial charge in [-0.25, -0.2) is 4.39 Å². The van der Waals surface area contributed by atoms with E-state index in [2.05, 4.69) is 39.8 Å². The second-order valence-electron chi connectivity index (χ2n) is 7.42. The summed E-state index contributed by atoms with van der Waals surface area (Å²) in [6.45, 7) is 5.75. The molecule has 2 N–H and O–H groups in total. The van der Waals surface area contributed by atoms with Gasteiger partial charge in [0.15, 0.2) is 0 Å². The highest BCUT2D eigenvalue weighted by Gasteiger charge is 2.21. The number of benzene rings is 2. The lowest BCUT2D eigenvalue weighted by Gasteiger charge is -2.35. The second kappa shape index (κ2) is 8.83. The SMILES string of the molecule is Fc1ccc(-c2cccc(N3CCC(NC[C@@H]4CNCCO4)CC3)c2)cc1. The third-order valence-electron chi connectivity index (χ3n) is 5.52. The highest BCUT2D eigenvalue weighted by molar-refractivity contribution is 5.68. The number of nitrogens with one attached hydrogen (secondary N) is 2. The van der Waals surface area contributed by atoms with Gasteiger partial charge in [0, 0.05) is 44.5 Å². The maximum Gasteiger partial charge on any atom is 0.123 e. The third kappa shape index (κ3) is 4.86. The van der Waals surface area contributed by atoms with E-state index in [-0.39, 0.29) is 5.82 Å². The van der Waals surface area contributed by atoms with E-state index < -0.39 is 0 Å². The summed E-state index contributed by atoms with van der Waals surface area (Å²) in [6, 6.07) is 15.8. The third-order valence-corrected chi connectivity index (χ3v) is 5.52. The normalized spacial score (nSPS) is 21.4. The van der Waals surface area contributed by atoms with Gasteiger partial charge in [0.25, 0.3) is 0 Å². The van der Waals surface area contributed by atoms with Gasteiger partial charge in [0.05, 0.1) is 12.7 Å². The molecule has 2 aromatic rings. The highest BCUT2D eigenvalue weighted by atomic mass is 19.1. The summed E-state index contributed by atoms with van der Waals surface area (Å²) >= 11 is 0. The van der Waals surface area contributed by atoms with E-state index in [9.17, 15) is 4.39 Å². The van der Waals surface area contributed by atoms with E-state index >= 15 is 0 Å². The van der Waals surface area contributed by atoms with Gasteiger partial charge >= 0.3 is 0 Å². The fraction of sp³-hybridized carbons (Fsp3) is 0.455. The van der Waals surface area contributed by atoms with Gasteiger partial charge in [0.1, 0.15) is 5.82 Å². The van der Waals surface area contributed by atoms with Gasteiger partial charge in [-0.05, 0) is 48.2 Å². The van der Waals surface area contributed by atoms with Gasteiger partial charge in [0.2, 0.25) is 0 Å². The first-order valence-electron chi connectivity index (χ1n) is 9.94. The van der Waals surface area contributed by atoms with Crippen molar-refractivity contribution in [3.8, 4) is 11.1 Å². The van der Waals surface area contributed by atoms with Crippen molar-refractivity contribution in [1.29, 1.82) is 0 Å². The summed E-state index contributed by atoms with van der Waals surface area (Å²) < 4.78 is 18.9. The molecule has 1 atom stereocenters. The van der Waals surface area contributed by atoms with Crippen LogP contribution in [0.1, 0.15) is 12.8 Å². The van der Waals surface area contributed by atoms with E-state index in [1.165, 1.54) is 17.8 Å². The molecule has 0 aromatic heterocycles. The minimum absolute atomic E-state index is 0.195. The first-order chi connectivity index (χ1) is 13.3. The lowest BCUT2D eigenvalue weighted by Crippen LogP contribution is -2.49. The molecule has 27 heavy (non-hydrogen) atoms. The fourth-order valence-electron chi connectivity index (χ4n) is 3.92. The molecular formula is C22H28FN3O. The predicted molar refractivity (Wildman–Crippen MR) is 108 cm³/mol. The average Bonchev–Trinajstić information content (AvgIpc) is 2.74. The van der Waals surface area contributed by atoms with Gasteiger partial charge in [-0.1, -0.05) is 24.3 Å². The Balaban J connectivity index is 1.31. The molecule has 2 aliphatic rings. The lowest BCUT2D eigenvalue weighted by molar-refractivity contribution is 0.0271. The summed E-state index contributed by atoms with van der Waals surface area (Å²) in [5.74, 6) is -0.195. The van der Waals surface area contributed by atoms with E-state index in [1.807, 2.05) is 12.1 Å². The molecule has 0 bridgehead atoms. The van der Waals surface area contributed by atoms with Crippen LogP contribution in [0.2, 0.25) is 0 Å². The second-order valence-corrected chi connectivity index (χ2v) is 7.42. The monoisotopic (exact) mass is 369 g/mol. The molecule has 2 heterocycles. The Hall–Kier alpha value is -1.95. The first-order valence-corrected chi connectivity index (χ1v) is 9.94. The van der Waals surface area contributed by atoms with Crippen molar-refractivity contribution < 1.29 is 9.13 Å². The summed E-state index contributed by atoms with van der Waals surface area (Å²) in [7, 11) is 0. The molecule has 2 fully saturated rings. The van der Waals surface area contributed by atoms with E-state index in [4.69, 9.17) is 4.74 Å². The Morgan fingerprint density at radius 2 is 1.89 bits per heavy atom. The summed E-state index contributed by atoms with van der Waals surface area (Å²) in [5, 5.41) is 7.06. The highest BCUT2D eigenvalue weighted by Crippen LogP contribution is 2.27.